The van der Waals surface area contributed by atoms with E-state index < -0.39 is 10.0 Å². The number of nitrogens with one attached hydrogen (secondary N) is 2. The molecule has 0 aliphatic rings. The molecule has 0 spiro atoms. The normalized spacial score (nSPS) is 12.1. The van der Waals surface area contributed by atoms with Crippen molar-refractivity contribution in [3.8, 4) is 0 Å². The van der Waals surface area contributed by atoms with Gasteiger partial charge in [-0.15, -0.1) is 0 Å². The number of rotatable bonds is 8. The summed E-state index contributed by atoms with van der Waals surface area (Å²) in [5.74, 6) is 0.116. The molecular weight excluding hydrogens is 264 g/mol. The summed E-state index contributed by atoms with van der Waals surface area (Å²) in [6, 6.07) is 0.376. The van der Waals surface area contributed by atoms with Gasteiger partial charge in [0, 0.05) is 19.3 Å². The molecule has 0 saturated carbocycles. The van der Waals surface area contributed by atoms with Gasteiger partial charge in [-0.25, -0.2) is 8.42 Å². The molecule has 1 aromatic rings. The van der Waals surface area contributed by atoms with Crippen LogP contribution in [0.1, 0.15) is 32.9 Å². The molecule has 6 nitrogen and oxygen atoms in total. The lowest BCUT2D eigenvalue weighted by molar-refractivity contribution is 0.571. The van der Waals surface area contributed by atoms with Crippen LogP contribution in [0.25, 0.3) is 0 Å². The number of aromatic nitrogens is 2. The summed E-state index contributed by atoms with van der Waals surface area (Å²) >= 11 is 0. The maximum Gasteiger partial charge on any atom is 0.232 e. The van der Waals surface area contributed by atoms with Gasteiger partial charge in [0.2, 0.25) is 10.0 Å². The molecule has 0 saturated heterocycles. The fraction of sp³-hybridized carbons (Fsp3) is 0.750. The zero-order valence-corrected chi connectivity index (χ0v) is 12.9. The third kappa shape index (κ3) is 5.61. The third-order valence-electron chi connectivity index (χ3n) is 2.65. The van der Waals surface area contributed by atoms with E-state index in [4.69, 9.17) is 0 Å². The Kier molecular flexibility index (Phi) is 5.81. The van der Waals surface area contributed by atoms with Gasteiger partial charge in [-0.3, -0.25) is 9.40 Å². The SMILES string of the molecule is CCc1nn(C)cc1NS(=O)(=O)CCCNC(C)C. The van der Waals surface area contributed by atoms with E-state index in [1.54, 1.807) is 17.9 Å². The first-order chi connectivity index (χ1) is 8.84. The minimum atomic E-state index is -3.30. The van der Waals surface area contributed by atoms with Gasteiger partial charge in [0.15, 0.2) is 0 Å². The van der Waals surface area contributed by atoms with E-state index in [1.807, 2.05) is 20.8 Å². The van der Waals surface area contributed by atoms with Crippen LogP contribution < -0.4 is 10.0 Å². The fourth-order valence-corrected chi connectivity index (χ4v) is 2.88. The number of hydrogen-bond acceptors (Lipinski definition) is 4. The maximum atomic E-state index is 11.9. The highest BCUT2D eigenvalue weighted by molar-refractivity contribution is 7.92. The van der Waals surface area contributed by atoms with Crippen molar-refractivity contribution in [2.75, 3.05) is 17.0 Å². The Labute approximate surface area is 115 Å². The van der Waals surface area contributed by atoms with Gasteiger partial charge in [-0.1, -0.05) is 20.8 Å². The van der Waals surface area contributed by atoms with Crippen LogP contribution >= 0.6 is 0 Å². The summed E-state index contributed by atoms with van der Waals surface area (Å²) < 4.78 is 28.1. The summed E-state index contributed by atoms with van der Waals surface area (Å²) in [5.41, 5.74) is 1.35. The molecule has 0 bridgehead atoms. The Balaban J connectivity index is 2.54. The molecular formula is C12H24N4O2S. The van der Waals surface area contributed by atoms with Gasteiger partial charge in [0.25, 0.3) is 0 Å². The van der Waals surface area contributed by atoms with Crippen LogP contribution in [0.2, 0.25) is 0 Å². The van der Waals surface area contributed by atoms with E-state index in [-0.39, 0.29) is 5.75 Å². The van der Waals surface area contributed by atoms with Gasteiger partial charge in [0.05, 0.1) is 17.1 Å². The van der Waals surface area contributed by atoms with Crippen molar-refractivity contribution in [1.82, 2.24) is 15.1 Å². The van der Waals surface area contributed by atoms with Gasteiger partial charge in [0.1, 0.15) is 0 Å². The molecule has 0 atom stereocenters. The zero-order chi connectivity index (χ0) is 14.5. The van der Waals surface area contributed by atoms with Crippen molar-refractivity contribution in [3.05, 3.63) is 11.9 Å². The minimum Gasteiger partial charge on any atom is -0.314 e. The van der Waals surface area contributed by atoms with Crippen LogP contribution in [0.4, 0.5) is 5.69 Å². The molecule has 0 aliphatic heterocycles. The highest BCUT2D eigenvalue weighted by Crippen LogP contribution is 2.15. The summed E-state index contributed by atoms with van der Waals surface area (Å²) in [6.07, 6.45) is 2.99. The number of anilines is 1. The average molecular weight is 288 g/mol. The van der Waals surface area contributed by atoms with Crippen LogP contribution in [0.3, 0.4) is 0 Å². The molecule has 0 radical (unpaired) electrons. The first kappa shape index (κ1) is 16.0. The molecule has 1 rings (SSSR count). The van der Waals surface area contributed by atoms with Crippen molar-refractivity contribution >= 4 is 15.7 Å². The Morgan fingerprint density at radius 1 is 1.42 bits per heavy atom. The second kappa shape index (κ2) is 6.91. The molecule has 0 fully saturated rings. The molecule has 110 valence electrons. The second-order valence-corrected chi connectivity index (χ2v) is 6.74. The summed E-state index contributed by atoms with van der Waals surface area (Å²) in [6.45, 7) is 6.73. The van der Waals surface area contributed by atoms with Crippen molar-refractivity contribution in [1.29, 1.82) is 0 Å². The van der Waals surface area contributed by atoms with E-state index in [9.17, 15) is 8.42 Å². The predicted molar refractivity (Wildman–Crippen MR) is 77.8 cm³/mol. The van der Waals surface area contributed by atoms with E-state index in [2.05, 4.69) is 15.1 Å². The summed E-state index contributed by atoms with van der Waals surface area (Å²) in [4.78, 5) is 0. The lowest BCUT2D eigenvalue weighted by Gasteiger charge is -2.09. The summed E-state index contributed by atoms with van der Waals surface area (Å²) in [5, 5.41) is 7.41. The third-order valence-corrected chi connectivity index (χ3v) is 4.01. The van der Waals surface area contributed by atoms with E-state index in [0.29, 0.717) is 31.1 Å². The Morgan fingerprint density at radius 2 is 2.11 bits per heavy atom. The molecule has 0 aromatic carbocycles. The van der Waals surface area contributed by atoms with Crippen molar-refractivity contribution in [2.45, 2.75) is 39.7 Å². The standard InChI is InChI=1S/C12H24N4O2S/c1-5-11-12(9-16(4)14-11)15-19(17,18)8-6-7-13-10(2)3/h9-10,13,15H,5-8H2,1-4H3. The molecule has 1 aromatic heterocycles. The van der Waals surface area contributed by atoms with Crippen molar-refractivity contribution < 1.29 is 8.42 Å². The zero-order valence-electron chi connectivity index (χ0n) is 12.1. The van der Waals surface area contributed by atoms with Gasteiger partial charge >= 0.3 is 0 Å². The predicted octanol–water partition coefficient (Wildman–Crippen LogP) is 1.11. The van der Waals surface area contributed by atoms with E-state index in [1.165, 1.54) is 0 Å². The van der Waals surface area contributed by atoms with Gasteiger partial charge < -0.3 is 5.32 Å². The highest BCUT2D eigenvalue weighted by atomic mass is 32.2. The Bertz CT molecular complexity index is 494. The second-order valence-electron chi connectivity index (χ2n) is 4.90. The quantitative estimate of drug-likeness (QED) is 0.703. The van der Waals surface area contributed by atoms with Crippen LogP contribution in [-0.4, -0.2) is 36.5 Å². The van der Waals surface area contributed by atoms with Crippen LogP contribution in [0.5, 0.6) is 0 Å². The van der Waals surface area contributed by atoms with Crippen molar-refractivity contribution in [3.63, 3.8) is 0 Å². The number of hydrogen-bond donors (Lipinski definition) is 2. The van der Waals surface area contributed by atoms with E-state index in [0.717, 1.165) is 5.69 Å². The maximum absolute atomic E-state index is 11.9. The minimum absolute atomic E-state index is 0.116. The van der Waals surface area contributed by atoms with Crippen molar-refractivity contribution in [2.24, 2.45) is 7.05 Å². The lowest BCUT2D eigenvalue weighted by atomic mass is 10.3. The first-order valence-corrected chi connectivity index (χ1v) is 8.25. The average Bonchev–Trinajstić information content (AvgIpc) is 2.64. The van der Waals surface area contributed by atoms with Crippen LogP contribution in [0, 0.1) is 0 Å². The van der Waals surface area contributed by atoms with Crippen LogP contribution in [0.15, 0.2) is 6.20 Å². The molecule has 2 N–H and O–H groups in total. The molecule has 19 heavy (non-hydrogen) atoms. The lowest BCUT2D eigenvalue weighted by Crippen LogP contribution is -2.26. The molecule has 1 heterocycles. The van der Waals surface area contributed by atoms with Gasteiger partial charge in [-0.05, 0) is 19.4 Å². The monoisotopic (exact) mass is 288 g/mol. The van der Waals surface area contributed by atoms with Gasteiger partial charge in [-0.2, -0.15) is 5.10 Å². The number of nitrogens with zero attached hydrogens (tertiary/aromatic N) is 2. The molecule has 0 unspecified atom stereocenters. The molecule has 7 heteroatoms. The number of aryl methyl sites for hydroxylation is 2. The van der Waals surface area contributed by atoms with Crippen LogP contribution in [-0.2, 0) is 23.5 Å². The van der Waals surface area contributed by atoms with E-state index >= 15 is 0 Å². The fourth-order valence-electron chi connectivity index (χ4n) is 1.75. The largest absolute Gasteiger partial charge is 0.314 e. The molecule has 0 aliphatic carbocycles. The smallest absolute Gasteiger partial charge is 0.232 e. The highest BCUT2D eigenvalue weighted by Gasteiger charge is 2.14. The summed E-state index contributed by atoms with van der Waals surface area (Å²) in [7, 11) is -1.51. The Hall–Kier alpha value is -1.08. The first-order valence-electron chi connectivity index (χ1n) is 6.60. The molecule has 0 amide bonds. The topological polar surface area (TPSA) is 76.0 Å². The Morgan fingerprint density at radius 3 is 2.68 bits per heavy atom. The number of sulfonamides is 1.